The quantitative estimate of drug-likeness (QED) is 0.382. The van der Waals surface area contributed by atoms with E-state index in [2.05, 4.69) is 15.9 Å². The topological polar surface area (TPSA) is 43.1 Å². The summed E-state index contributed by atoms with van der Waals surface area (Å²) < 4.78 is 1.66. The van der Waals surface area contributed by atoms with E-state index in [0.29, 0.717) is 3.57 Å². The summed E-state index contributed by atoms with van der Waals surface area (Å²) in [6, 6.07) is 13.1. The van der Waals surface area contributed by atoms with Crippen LogP contribution >= 0.6 is 50.3 Å². The minimum absolute atomic E-state index is 0.151. The molecular weight excluding hydrogens is 429 g/mol. The van der Waals surface area contributed by atoms with Crippen molar-refractivity contribution in [2.75, 3.05) is 0 Å². The summed E-state index contributed by atoms with van der Waals surface area (Å²) in [5, 5.41) is 10.9. The van der Waals surface area contributed by atoms with Gasteiger partial charge in [0.15, 0.2) is 0 Å². The average molecular weight is 436 g/mol. The summed E-state index contributed by atoms with van der Waals surface area (Å²) in [5.41, 5.74) is 0.151. The maximum atomic E-state index is 10.9. The SMILES string of the molecule is O=[N+]([O-])c1cc(Sc2ccc(Br)cc2)ccc1I. The van der Waals surface area contributed by atoms with Crippen LogP contribution in [0.25, 0.3) is 0 Å². The summed E-state index contributed by atoms with van der Waals surface area (Å²) in [6.07, 6.45) is 0. The van der Waals surface area contributed by atoms with Gasteiger partial charge in [0.05, 0.1) is 8.49 Å². The molecule has 2 rings (SSSR count). The van der Waals surface area contributed by atoms with Crippen LogP contribution in [0.1, 0.15) is 0 Å². The fourth-order valence-electron chi connectivity index (χ4n) is 1.33. The van der Waals surface area contributed by atoms with Gasteiger partial charge in [-0.25, -0.2) is 0 Å². The van der Waals surface area contributed by atoms with Crippen LogP contribution < -0.4 is 0 Å². The molecule has 0 heterocycles. The normalized spacial score (nSPS) is 10.3. The van der Waals surface area contributed by atoms with Gasteiger partial charge in [0.25, 0.3) is 5.69 Å². The van der Waals surface area contributed by atoms with Crippen molar-refractivity contribution >= 4 is 56.0 Å². The third kappa shape index (κ3) is 3.46. The molecule has 0 bridgehead atoms. The summed E-state index contributed by atoms with van der Waals surface area (Å²) in [6.45, 7) is 0. The minimum Gasteiger partial charge on any atom is -0.258 e. The molecule has 3 nitrogen and oxygen atoms in total. The summed E-state index contributed by atoms with van der Waals surface area (Å²) in [7, 11) is 0. The maximum absolute atomic E-state index is 10.9. The summed E-state index contributed by atoms with van der Waals surface area (Å²) in [4.78, 5) is 12.4. The molecule has 0 aliphatic carbocycles. The molecule has 0 radical (unpaired) electrons. The van der Waals surface area contributed by atoms with Crippen LogP contribution in [0.5, 0.6) is 0 Å². The van der Waals surface area contributed by atoms with E-state index in [1.807, 2.05) is 52.9 Å². The first-order chi connectivity index (χ1) is 8.56. The van der Waals surface area contributed by atoms with Crippen molar-refractivity contribution < 1.29 is 4.92 Å². The van der Waals surface area contributed by atoms with Gasteiger partial charge in [-0.05, 0) is 59.0 Å². The highest BCUT2D eigenvalue weighted by Crippen LogP contribution is 2.32. The van der Waals surface area contributed by atoms with Crippen LogP contribution in [0.3, 0.4) is 0 Å². The smallest absolute Gasteiger partial charge is 0.258 e. The second-order valence-electron chi connectivity index (χ2n) is 3.43. The third-order valence-corrected chi connectivity index (χ3v) is 4.60. The molecule has 2 aromatic rings. The van der Waals surface area contributed by atoms with Gasteiger partial charge in [-0.15, -0.1) is 0 Å². The second kappa shape index (κ2) is 6.03. The van der Waals surface area contributed by atoms with Crippen molar-refractivity contribution in [1.82, 2.24) is 0 Å². The average Bonchev–Trinajstić information content (AvgIpc) is 2.34. The lowest BCUT2D eigenvalue weighted by Gasteiger charge is -2.03. The number of nitrogens with zero attached hydrogens (tertiary/aromatic N) is 1. The van der Waals surface area contributed by atoms with Gasteiger partial charge in [-0.2, -0.15) is 0 Å². The largest absolute Gasteiger partial charge is 0.283 e. The second-order valence-corrected chi connectivity index (χ2v) is 6.65. The fourth-order valence-corrected chi connectivity index (χ4v) is 2.98. The molecular formula is C12H7BrINO2S. The van der Waals surface area contributed by atoms with E-state index < -0.39 is 0 Å². The van der Waals surface area contributed by atoms with Gasteiger partial charge in [0.1, 0.15) is 0 Å². The molecule has 0 fully saturated rings. The molecule has 0 aliphatic rings. The van der Waals surface area contributed by atoms with E-state index in [4.69, 9.17) is 0 Å². The molecule has 0 spiro atoms. The van der Waals surface area contributed by atoms with Crippen molar-refractivity contribution in [2.45, 2.75) is 9.79 Å². The van der Waals surface area contributed by atoms with Gasteiger partial charge >= 0.3 is 0 Å². The predicted octanol–water partition coefficient (Wildman–Crippen LogP) is 5.11. The van der Waals surface area contributed by atoms with Crippen LogP contribution in [-0.4, -0.2) is 4.92 Å². The Kier molecular flexibility index (Phi) is 4.63. The Morgan fingerprint density at radius 2 is 1.72 bits per heavy atom. The number of nitro groups is 1. The molecule has 0 aromatic heterocycles. The van der Waals surface area contributed by atoms with Crippen molar-refractivity contribution in [2.24, 2.45) is 0 Å². The number of hydrogen-bond donors (Lipinski definition) is 0. The summed E-state index contributed by atoms with van der Waals surface area (Å²) in [5.74, 6) is 0. The fraction of sp³-hybridized carbons (Fsp3) is 0. The Bertz CT molecular complexity index is 589. The van der Waals surface area contributed by atoms with Crippen molar-refractivity contribution in [1.29, 1.82) is 0 Å². The predicted molar refractivity (Wildman–Crippen MR) is 84.1 cm³/mol. The van der Waals surface area contributed by atoms with E-state index in [-0.39, 0.29) is 10.6 Å². The molecule has 0 unspecified atom stereocenters. The lowest BCUT2D eigenvalue weighted by molar-refractivity contribution is -0.386. The lowest BCUT2D eigenvalue weighted by Crippen LogP contribution is -1.91. The molecule has 0 N–H and O–H groups in total. The number of hydrogen-bond acceptors (Lipinski definition) is 3. The van der Waals surface area contributed by atoms with Crippen LogP contribution in [0, 0.1) is 13.7 Å². The molecule has 0 atom stereocenters. The van der Waals surface area contributed by atoms with Gasteiger partial charge in [-0.1, -0.05) is 27.7 Å². The van der Waals surface area contributed by atoms with Crippen molar-refractivity contribution in [3.8, 4) is 0 Å². The Balaban J connectivity index is 2.27. The summed E-state index contributed by atoms with van der Waals surface area (Å²) >= 11 is 6.85. The van der Waals surface area contributed by atoms with Gasteiger partial charge < -0.3 is 0 Å². The first-order valence-electron chi connectivity index (χ1n) is 4.93. The highest BCUT2D eigenvalue weighted by molar-refractivity contribution is 14.1. The minimum atomic E-state index is -0.354. The first-order valence-corrected chi connectivity index (χ1v) is 7.62. The van der Waals surface area contributed by atoms with Crippen molar-refractivity contribution in [3.05, 3.63) is 60.6 Å². The Morgan fingerprint density at radius 3 is 2.33 bits per heavy atom. The van der Waals surface area contributed by atoms with E-state index in [0.717, 1.165) is 14.3 Å². The molecule has 2 aromatic carbocycles. The van der Waals surface area contributed by atoms with Crippen LogP contribution in [0.2, 0.25) is 0 Å². The number of nitro benzene ring substituents is 1. The highest BCUT2D eigenvalue weighted by Gasteiger charge is 2.12. The molecule has 0 aliphatic heterocycles. The van der Waals surface area contributed by atoms with Crippen LogP contribution in [-0.2, 0) is 0 Å². The van der Waals surface area contributed by atoms with Gasteiger partial charge in [0.2, 0.25) is 0 Å². The third-order valence-electron chi connectivity index (χ3n) is 2.16. The highest BCUT2D eigenvalue weighted by atomic mass is 127. The maximum Gasteiger partial charge on any atom is 0.283 e. The number of rotatable bonds is 3. The standard InChI is InChI=1S/C12H7BrINO2S/c13-8-1-3-9(4-2-8)18-10-5-6-11(14)12(7-10)15(16)17/h1-7H. The van der Waals surface area contributed by atoms with E-state index in [9.17, 15) is 10.1 Å². The molecule has 0 saturated heterocycles. The van der Waals surface area contributed by atoms with E-state index in [1.165, 1.54) is 11.8 Å². The van der Waals surface area contributed by atoms with Crippen LogP contribution in [0.4, 0.5) is 5.69 Å². The number of benzene rings is 2. The molecule has 0 saturated carbocycles. The van der Waals surface area contributed by atoms with E-state index in [1.54, 1.807) is 12.1 Å². The molecule has 18 heavy (non-hydrogen) atoms. The zero-order valence-corrected chi connectivity index (χ0v) is 13.5. The molecule has 0 amide bonds. The Labute approximate surface area is 130 Å². The number of halogens is 2. The Hall–Kier alpha value is -0.600. The molecule has 92 valence electrons. The Morgan fingerprint density at radius 1 is 1.11 bits per heavy atom. The monoisotopic (exact) mass is 435 g/mol. The first kappa shape index (κ1) is 13.8. The van der Waals surface area contributed by atoms with Gasteiger partial charge in [0, 0.05) is 20.3 Å². The van der Waals surface area contributed by atoms with Crippen molar-refractivity contribution in [3.63, 3.8) is 0 Å². The van der Waals surface area contributed by atoms with E-state index >= 15 is 0 Å². The lowest BCUT2D eigenvalue weighted by atomic mass is 10.3. The zero-order valence-electron chi connectivity index (χ0n) is 8.97. The van der Waals surface area contributed by atoms with Gasteiger partial charge in [-0.3, -0.25) is 10.1 Å². The van der Waals surface area contributed by atoms with Crippen LogP contribution in [0.15, 0.2) is 56.7 Å². The molecule has 6 heteroatoms. The zero-order chi connectivity index (χ0) is 13.1.